The van der Waals surface area contributed by atoms with Gasteiger partial charge in [0.05, 0.1) is 29.8 Å². The van der Waals surface area contributed by atoms with Crippen LogP contribution < -0.4 is 24.8 Å². The predicted molar refractivity (Wildman–Crippen MR) is 122 cm³/mol. The number of carbonyl (C=O) groups excluding carboxylic acids is 2. The summed E-state index contributed by atoms with van der Waals surface area (Å²) in [6, 6.07) is 5.39. The van der Waals surface area contributed by atoms with Crippen LogP contribution in [0.15, 0.2) is 30.6 Å². The molecule has 5 rings (SSSR count). The zero-order chi connectivity index (χ0) is 25.1. The van der Waals surface area contributed by atoms with Gasteiger partial charge >= 0.3 is 0 Å². The quantitative estimate of drug-likeness (QED) is 0.467. The molecule has 1 atom stereocenters. The summed E-state index contributed by atoms with van der Waals surface area (Å²) in [6.45, 7) is -0.578. The van der Waals surface area contributed by atoms with E-state index in [4.69, 9.17) is 25.8 Å². The highest BCUT2D eigenvalue weighted by Gasteiger charge is 2.55. The van der Waals surface area contributed by atoms with Crippen molar-refractivity contribution in [2.24, 2.45) is 0 Å². The molecular formula is C23H26ClFN4O6. The van der Waals surface area contributed by atoms with Crippen molar-refractivity contribution < 1.29 is 33.3 Å². The molecule has 2 aromatic rings. The first-order valence-electron chi connectivity index (χ1n) is 11.1. The van der Waals surface area contributed by atoms with Crippen LogP contribution in [0.4, 0.5) is 4.39 Å². The molecule has 2 amide bonds. The Balaban J connectivity index is 1.27. The van der Waals surface area contributed by atoms with E-state index in [1.165, 1.54) is 31.6 Å². The maximum absolute atomic E-state index is 13.5. The van der Waals surface area contributed by atoms with Crippen LogP contribution in [0.2, 0.25) is 5.02 Å². The molecule has 10 nitrogen and oxygen atoms in total. The van der Waals surface area contributed by atoms with E-state index in [9.17, 15) is 19.1 Å². The van der Waals surface area contributed by atoms with E-state index in [1.54, 1.807) is 0 Å². The number of amides is 2. The van der Waals surface area contributed by atoms with E-state index >= 15 is 0 Å². The Kier molecular flexibility index (Phi) is 7.27. The molecule has 2 bridgehead atoms. The van der Waals surface area contributed by atoms with Gasteiger partial charge in [-0.1, -0.05) is 11.6 Å². The van der Waals surface area contributed by atoms with Crippen molar-refractivity contribution in [1.29, 1.82) is 0 Å². The van der Waals surface area contributed by atoms with Crippen LogP contribution in [0, 0.1) is 5.82 Å². The van der Waals surface area contributed by atoms with Gasteiger partial charge in [0.25, 0.3) is 11.8 Å². The number of aromatic nitrogens is 2. The van der Waals surface area contributed by atoms with Crippen LogP contribution in [0.3, 0.4) is 0 Å². The number of carbonyl (C=O) groups is 2. The number of ether oxygens (including phenoxy) is 3. The topological polar surface area (TPSA) is 132 Å². The second-order valence-corrected chi connectivity index (χ2v) is 9.21. The standard InChI is InChI=1S/C23H26ClFN4O6/c1-33-20-9-21(27-13-26-20)35-12-18(31)28-22-4-6-23(7-5-22,17(30)10-22)29-19(32)11-34-14-2-3-15(24)16(25)8-14/h2-3,8-9,13,17,30H,4-7,10-12H2,1H3,(H,28,31)(H,29,32)/t17-,22?,23?/m0/s1. The van der Waals surface area contributed by atoms with Gasteiger partial charge in [0, 0.05) is 11.6 Å². The number of hydrogen-bond donors (Lipinski definition) is 3. The Morgan fingerprint density at radius 3 is 2.46 bits per heavy atom. The number of aliphatic hydroxyl groups is 1. The molecule has 12 heteroatoms. The minimum absolute atomic E-state index is 0.0374. The lowest BCUT2D eigenvalue weighted by Gasteiger charge is -2.56. The molecule has 3 N–H and O–H groups in total. The molecule has 35 heavy (non-hydrogen) atoms. The van der Waals surface area contributed by atoms with Gasteiger partial charge in [-0.05, 0) is 44.2 Å². The van der Waals surface area contributed by atoms with E-state index in [0.29, 0.717) is 38.0 Å². The smallest absolute Gasteiger partial charge is 0.258 e. The lowest BCUT2D eigenvalue weighted by atomic mass is 9.60. The predicted octanol–water partition coefficient (Wildman–Crippen LogP) is 1.78. The van der Waals surface area contributed by atoms with E-state index in [-0.39, 0.29) is 35.8 Å². The summed E-state index contributed by atoms with van der Waals surface area (Å²) in [5, 5.41) is 16.7. The third-order valence-corrected chi connectivity index (χ3v) is 6.86. The molecule has 0 aliphatic heterocycles. The first-order chi connectivity index (χ1) is 16.7. The average Bonchev–Trinajstić information content (AvgIpc) is 2.85. The number of methoxy groups -OCH3 is 1. The first kappa shape index (κ1) is 24.9. The highest BCUT2D eigenvalue weighted by molar-refractivity contribution is 6.30. The second-order valence-electron chi connectivity index (χ2n) is 8.80. The number of benzene rings is 1. The maximum Gasteiger partial charge on any atom is 0.258 e. The number of aliphatic hydroxyl groups excluding tert-OH is 1. The third kappa shape index (κ3) is 5.73. The Labute approximate surface area is 206 Å². The summed E-state index contributed by atoms with van der Waals surface area (Å²) in [5.74, 6) is -0.693. The molecule has 3 aliphatic rings. The zero-order valence-electron chi connectivity index (χ0n) is 19.1. The number of fused-ring (bicyclic) bond motifs is 3. The number of hydrogen-bond acceptors (Lipinski definition) is 8. The largest absolute Gasteiger partial charge is 0.484 e. The Morgan fingerprint density at radius 2 is 1.77 bits per heavy atom. The minimum Gasteiger partial charge on any atom is -0.484 e. The fraction of sp³-hybridized carbons (Fsp3) is 0.478. The Bertz CT molecular complexity index is 1100. The van der Waals surface area contributed by atoms with Gasteiger partial charge in [0.1, 0.15) is 17.9 Å². The van der Waals surface area contributed by atoms with Gasteiger partial charge in [-0.3, -0.25) is 9.59 Å². The highest BCUT2D eigenvalue weighted by atomic mass is 35.5. The van der Waals surface area contributed by atoms with Crippen LogP contribution in [0.5, 0.6) is 17.5 Å². The van der Waals surface area contributed by atoms with Gasteiger partial charge in [0.15, 0.2) is 13.2 Å². The summed E-state index contributed by atoms with van der Waals surface area (Å²) in [5.41, 5.74) is -1.38. The Hall–Kier alpha value is -3.18. The Morgan fingerprint density at radius 1 is 1.09 bits per heavy atom. The molecule has 1 aromatic carbocycles. The van der Waals surface area contributed by atoms with E-state index in [1.807, 2.05) is 0 Å². The van der Waals surface area contributed by atoms with Gasteiger partial charge in [0.2, 0.25) is 11.8 Å². The number of rotatable bonds is 9. The molecule has 0 spiro atoms. The molecule has 0 unspecified atom stereocenters. The van der Waals surface area contributed by atoms with E-state index in [2.05, 4.69) is 20.6 Å². The monoisotopic (exact) mass is 508 g/mol. The molecular weight excluding hydrogens is 483 g/mol. The number of halogens is 2. The number of nitrogens with one attached hydrogen (secondary N) is 2. The first-order valence-corrected chi connectivity index (χ1v) is 11.5. The summed E-state index contributed by atoms with van der Waals surface area (Å²) in [6.07, 6.45) is 2.86. The van der Waals surface area contributed by atoms with Crippen LogP contribution >= 0.6 is 11.6 Å². The summed E-state index contributed by atoms with van der Waals surface area (Å²) in [4.78, 5) is 32.9. The summed E-state index contributed by atoms with van der Waals surface area (Å²) in [7, 11) is 1.46. The molecule has 1 heterocycles. The molecule has 188 valence electrons. The van der Waals surface area contributed by atoms with Crippen molar-refractivity contribution in [3.8, 4) is 17.5 Å². The van der Waals surface area contributed by atoms with Gasteiger partial charge in [-0.2, -0.15) is 0 Å². The average molecular weight is 509 g/mol. The van der Waals surface area contributed by atoms with Gasteiger partial charge in [-0.25, -0.2) is 14.4 Å². The van der Waals surface area contributed by atoms with Crippen molar-refractivity contribution in [3.05, 3.63) is 41.4 Å². The summed E-state index contributed by atoms with van der Waals surface area (Å²) >= 11 is 5.65. The lowest BCUT2D eigenvalue weighted by molar-refractivity contribution is -0.137. The molecule has 1 aromatic heterocycles. The van der Waals surface area contributed by atoms with Crippen molar-refractivity contribution in [1.82, 2.24) is 20.6 Å². The zero-order valence-corrected chi connectivity index (χ0v) is 19.8. The van der Waals surface area contributed by atoms with E-state index in [0.717, 1.165) is 6.07 Å². The van der Waals surface area contributed by atoms with Gasteiger partial charge in [-0.15, -0.1) is 0 Å². The van der Waals surface area contributed by atoms with Crippen LogP contribution in [-0.4, -0.2) is 64.4 Å². The number of nitrogens with zero attached hydrogens (tertiary/aromatic N) is 2. The van der Waals surface area contributed by atoms with Crippen molar-refractivity contribution in [2.75, 3.05) is 20.3 Å². The lowest BCUT2D eigenvalue weighted by Crippen LogP contribution is -2.70. The molecule has 0 radical (unpaired) electrons. The maximum atomic E-state index is 13.5. The third-order valence-electron chi connectivity index (χ3n) is 6.55. The second kappa shape index (κ2) is 10.2. The van der Waals surface area contributed by atoms with Gasteiger partial charge < -0.3 is 30.0 Å². The fourth-order valence-electron chi connectivity index (χ4n) is 4.68. The van der Waals surface area contributed by atoms with Crippen molar-refractivity contribution >= 4 is 23.4 Å². The molecule has 3 aliphatic carbocycles. The highest BCUT2D eigenvalue weighted by Crippen LogP contribution is 2.47. The van der Waals surface area contributed by atoms with Crippen LogP contribution in [0.25, 0.3) is 0 Å². The summed E-state index contributed by atoms with van der Waals surface area (Å²) < 4.78 is 29.3. The van der Waals surface area contributed by atoms with Crippen LogP contribution in [-0.2, 0) is 9.59 Å². The minimum atomic E-state index is -0.853. The van der Waals surface area contributed by atoms with Crippen LogP contribution in [0.1, 0.15) is 32.1 Å². The molecule has 0 saturated heterocycles. The molecule has 3 saturated carbocycles. The fourth-order valence-corrected chi connectivity index (χ4v) is 4.79. The normalized spacial score (nSPS) is 25.0. The van der Waals surface area contributed by atoms with Crippen molar-refractivity contribution in [2.45, 2.75) is 49.3 Å². The molecule has 3 fully saturated rings. The van der Waals surface area contributed by atoms with E-state index < -0.39 is 28.9 Å². The van der Waals surface area contributed by atoms with Crippen molar-refractivity contribution in [3.63, 3.8) is 0 Å². The SMILES string of the molecule is COc1cc(OCC(=O)NC23CCC(NC(=O)COc4ccc(Cl)c(F)c4)(CC2)[C@@H](O)C3)ncn1.